The van der Waals surface area contributed by atoms with E-state index in [1.54, 1.807) is 0 Å². The number of imidazole rings is 1. The van der Waals surface area contributed by atoms with Crippen LogP contribution in [0, 0.1) is 11.7 Å². The third kappa shape index (κ3) is 5.66. The molecule has 1 N–H and O–H groups in total. The highest BCUT2D eigenvalue weighted by Gasteiger charge is 2.28. The first-order chi connectivity index (χ1) is 12.6. The normalized spacial score (nSPS) is 20.3. The molecule has 0 saturated carbocycles. The summed E-state index contributed by atoms with van der Waals surface area (Å²) in [6, 6.07) is 5.55. The molecular formula is C19H26BrFIN5. The van der Waals surface area contributed by atoms with Gasteiger partial charge in [0.25, 0.3) is 0 Å². The van der Waals surface area contributed by atoms with Gasteiger partial charge < -0.3 is 14.8 Å². The fourth-order valence-electron chi connectivity index (χ4n) is 3.44. The average molecular weight is 550 g/mol. The predicted octanol–water partition coefficient (Wildman–Crippen LogP) is 4.10. The molecule has 0 aliphatic carbocycles. The topological polar surface area (TPSA) is 45.5 Å². The van der Waals surface area contributed by atoms with Gasteiger partial charge in [-0.3, -0.25) is 4.99 Å². The number of rotatable bonds is 4. The molecule has 148 valence electrons. The molecule has 1 fully saturated rings. The van der Waals surface area contributed by atoms with Gasteiger partial charge in [-0.25, -0.2) is 9.37 Å². The second kappa shape index (κ2) is 10.4. The van der Waals surface area contributed by atoms with Crippen molar-refractivity contribution in [3.8, 4) is 0 Å². The highest BCUT2D eigenvalue weighted by atomic mass is 127. The molecule has 27 heavy (non-hydrogen) atoms. The molecule has 5 nitrogen and oxygen atoms in total. The largest absolute Gasteiger partial charge is 0.356 e. The van der Waals surface area contributed by atoms with Crippen molar-refractivity contribution in [2.75, 3.05) is 26.7 Å². The fourth-order valence-corrected chi connectivity index (χ4v) is 3.87. The van der Waals surface area contributed by atoms with Gasteiger partial charge >= 0.3 is 0 Å². The van der Waals surface area contributed by atoms with Gasteiger partial charge in [0.2, 0.25) is 0 Å². The standard InChI is InChI=1S/C19H25BrFN5.HI/c1-14-6-9-25(12-18(14)26-10-8-23-13-26)19(22-2)24-7-5-15-3-4-17(21)16(20)11-15;/h3-4,8,10-11,13-14,18H,5-7,9,12H2,1-2H3,(H,22,24);1H. The molecule has 1 saturated heterocycles. The average Bonchev–Trinajstić information content (AvgIpc) is 3.17. The lowest BCUT2D eigenvalue weighted by molar-refractivity contribution is 0.189. The smallest absolute Gasteiger partial charge is 0.193 e. The maximum atomic E-state index is 13.3. The monoisotopic (exact) mass is 549 g/mol. The Labute approximate surface area is 185 Å². The number of hydrogen-bond acceptors (Lipinski definition) is 2. The summed E-state index contributed by atoms with van der Waals surface area (Å²) in [5.74, 6) is 1.30. The van der Waals surface area contributed by atoms with Gasteiger partial charge in [-0.2, -0.15) is 0 Å². The second-order valence-electron chi connectivity index (χ2n) is 6.76. The molecule has 1 aromatic carbocycles. The summed E-state index contributed by atoms with van der Waals surface area (Å²) in [7, 11) is 1.82. The van der Waals surface area contributed by atoms with Crippen LogP contribution in [-0.4, -0.2) is 47.1 Å². The number of piperidine rings is 1. The Balaban J connectivity index is 0.00000261. The Hall–Kier alpha value is -1.16. The quantitative estimate of drug-likeness (QED) is 0.355. The molecule has 2 unspecified atom stereocenters. The summed E-state index contributed by atoms with van der Waals surface area (Å²) in [5.41, 5.74) is 1.09. The second-order valence-corrected chi connectivity index (χ2v) is 7.62. The number of aliphatic imine (C=N–C) groups is 1. The van der Waals surface area contributed by atoms with E-state index in [2.05, 4.69) is 47.6 Å². The lowest BCUT2D eigenvalue weighted by Gasteiger charge is -2.39. The van der Waals surface area contributed by atoms with Crippen LogP contribution in [0.4, 0.5) is 4.39 Å². The van der Waals surface area contributed by atoms with Gasteiger partial charge in [-0.05, 0) is 52.4 Å². The van der Waals surface area contributed by atoms with Gasteiger partial charge in [-0.1, -0.05) is 13.0 Å². The van der Waals surface area contributed by atoms with Crippen LogP contribution < -0.4 is 5.32 Å². The Morgan fingerprint density at radius 2 is 2.26 bits per heavy atom. The Kier molecular flexibility index (Phi) is 8.53. The van der Waals surface area contributed by atoms with Gasteiger partial charge in [0, 0.05) is 39.1 Å². The summed E-state index contributed by atoms with van der Waals surface area (Å²) < 4.78 is 16.0. The van der Waals surface area contributed by atoms with Gasteiger partial charge in [0.1, 0.15) is 5.82 Å². The first-order valence-corrected chi connectivity index (χ1v) is 9.74. The molecule has 2 aromatic rings. The third-order valence-corrected chi connectivity index (χ3v) is 5.63. The summed E-state index contributed by atoms with van der Waals surface area (Å²) in [4.78, 5) is 10.9. The van der Waals surface area contributed by atoms with E-state index in [4.69, 9.17) is 0 Å². The lowest BCUT2D eigenvalue weighted by Crippen LogP contribution is -2.49. The number of likely N-dealkylation sites (tertiary alicyclic amines) is 1. The molecule has 0 amide bonds. The Morgan fingerprint density at radius 1 is 1.44 bits per heavy atom. The summed E-state index contributed by atoms with van der Waals surface area (Å²) in [6.45, 7) is 4.96. The van der Waals surface area contributed by atoms with Crippen LogP contribution in [0.1, 0.15) is 24.9 Å². The SMILES string of the molecule is CN=C(NCCc1ccc(F)c(Br)c1)N1CCC(C)C(n2ccnc2)C1.I. The van der Waals surface area contributed by atoms with Crippen molar-refractivity contribution in [2.24, 2.45) is 10.9 Å². The highest BCUT2D eigenvalue weighted by molar-refractivity contribution is 14.0. The van der Waals surface area contributed by atoms with Gasteiger partial charge in [0.15, 0.2) is 5.96 Å². The van der Waals surface area contributed by atoms with Gasteiger partial charge in [-0.15, -0.1) is 24.0 Å². The zero-order valence-corrected chi connectivity index (χ0v) is 19.5. The van der Waals surface area contributed by atoms with Crippen LogP contribution in [0.25, 0.3) is 0 Å². The minimum absolute atomic E-state index is 0. The van der Waals surface area contributed by atoms with Crippen molar-refractivity contribution in [1.29, 1.82) is 0 Å². The first kappa shape index (κ1) is 22.1. The minimum Gasteiger partial charge on any atom is -0.356 e. The molecule has 8 heteroatoms. The van der Waals surface area contributed by atoms with E-state index in [0.29, 0.717) is 16.4 Å². The van der Waals surface area contributed by atoms with E-state index in [-0.39, 0.29) is 29.8 Å². The van der Waals surface area contributed by atoms with Crippen molar-refractivity contribution in [3.05, 3.63) is 52.8 Å². The van der Waals surface area contributed by atoms with Gasteiger partial charge in [0.05, 0.1) is 16.8 Å². The minimum atomic E-state index is -0.231. The van der Waals surface area contributed by atoms with Crippen molar-refractivity contribution in [3.63, 3.8) is 0 Å². The number of halogens is 3. The van der Waals surface area contributed by atoms with E-state index in [9.17, 15) is 4.39 Å². The van der Waals surface area contributed by atoms with Crippen LogP contribution in [-0.2, 0) is 6.42 Å². The number of guanidine groups is 1. The van der Waals surface area contributed by atoms with E-state index in [1.165, 1.54) is 6.07 Å². The molecule has 1 aromatic heterocycles. The van der Waals surface area contributed by atoms with Crippen molar-refractivity contribution >= 4 is 45.9 Å². The van der Waals surface area contributed by atoms with E-state index >= 15 is 0 Å². The van der Waals surface area contributed by atoms with E-state index in [1.807, 2.05) is 37.9 Å². The summed E-state index contributed by atoms with van der Waals surface area (Å²) in [6.07, 6.45) is 7.70. The number of aromatic nitrogens is 2. The molecule has 1 aliphatic rings. The molecule has 2 heterocycles. The van der Waals surface area contributed by atoms with Crippen LogP contribution >= 0.6 is 39.9 Å². The maximum absolute atomic E-state index is 13.3. The molecular weight excluding hydrogens is 524 g/mol. The molecule has 1 aliphatic heterocycles. The van der Waals surface area contributed by atoms with Crippen molar-refractivity contribution in [1.82, 2.24) is 19.8 Å². The Bertz CT molecular complexity index is 753. The number of nitrogens with one attached hydrogen (secondary N) is 1. The number of hydrogen-bond donors (Lipinski definition) is 1. The third-order valence-electron chi connectivity index (χ3n) is 5.02. The Morgan fingerprint density at radius 3 is 2.93 bits per heavy atom. The number of nitrogens with zero attached hydrogens (tertiary/aromatic N) is 4. The number of benzene rings is 1. The van der Waals surface area contributed by atoms with Crippen molar-refractivity contribution in [2.45, 2.75) is 25.8 Å². The molecule has 0 bridgehead atoms. The molecule has 0 radical (unpaired) electrons. The van der Waals surface area contributed by atoms with Crippen molar-refractivity contribution < 1.29 is 4.39 Å². The van der Waals surface area contributed by atoms with Crippen LogP contribution in [0.2, 0.25) is 0 Å². The highest BCUT2D eigenvalue weighted by Crippen LogP contribution is 2.27. The zero-order valence-electron chi connectivity index (χ0n) is 15.6. The first-order valence-electron chi connectivity index (χ1n) is 8.95. The summed E-state index contributed by atoms with van der Waals surface area (Å²) >= 11 is 3.24. The van der Waals surface area contributed by atoms with E-state index in [0.717, 1.165) is 44.0 Å². The molecule has 3 rings (SSSR count). The van der Waals surface area contributed by atoms with Crippen LogP contribution in [0.5, 0.6) is 0 Å². The van der Waals surface area contributed by atoms with Crippen LogP contribution in [0.3, 0.4) is 0 Å². The van der Waals surface area contributed by atoms with E-state index < -0.39 is 0 Å². The fraction of sp³-hybridized carbons (Fsp3) is 0.474. The maximum Gasteiger partial charge on any atom is 0.193 e. The predicted molar refractivity (Wildman–Crippen MR) is 121 cm³/mol. The van der Waals surface area contributed by atoms with Crippen LogP contribution in [0.15, 0.2) is 46.4 Å². The molecule has 2 atom stereocenters. The zero-order chi connectivity index (χ0) is 18.5. The summed E-state index contributed by atoms with van der Waals surface area (Å²) in [5, 5.41) is 3.44. The molecule has 0 spiro atoms. The lowest BCUT2D eigenvalue weighted by atomic mass is 9.93.